The van der Waals surface area contributed by atoms with Gasteiger partial charge in [0.2, 0.25) is 0 Å². The highest BCUT2D eigenvalue weighted by Gasteiger charge is 2.15. The lowest BCUT2D eigenvalue weighted by Crippen LogP contribution is -1.94. The molecular formula is C14H6Cl2F2O2S2. The molecule has 2 nitrogen and oxygen atoms in total. The molecule has 0 aliphatic rings. The van der Waals surface area contributed by atoms with Gasteiger partial charge in [-0.1, -0.05) is 21.6 Å². The summed E-state index contributed by atoms with van der Waals surface area (Å²) in [7, 11) is 1.95. The van der Waals surface area contributed by atoms with Crippen LogP contribution in [0.3, 0.4) is 0 Å². The molecule has 114 valence electrons. The number of halogens is 4. The minimum atomic E-state index is -0.740. The Morgan fingerprint density at radius 3 is 1.45 bits per heavy atom. The van der Waals surface area contributed by atoms with E-state index in [0.29, 0.717) is 0 Å². The summed E-state index contributed by atoms with van der Waals surface area (Å²) < 4.78 is 26.6. The Morgan fingerprint density at radius 2 is 1.14 bits per heavy atom. The zero-order chi connectivity index (χ0) is 16.3. The average Bonchev–Trinajstić information content (AvgIpc) is 2.44. The fourth-order valence-electron chi connectivity index (χ4n) is 1.54. The van der Waals surface area contributed by atoms with Crippen molar-refractivity contribution < 1.29 is 18.4 Å². The standard InChI is InChI=1S/C14H6Cl2F2O2S2/c15-13(19)9-3-1-7(17)5-11(9)21-22-12-6-8(18)2-4-10(12)14(16)20/h1-6H. The summed E-state index contributed by atoms with van der Waals surface area (Å²) >= 11 is 10.9. The van der Waals surface area contributed by atoms with Crippen molar-refractivity contribution in [2.45, 2.75) is 9.79 Å². The molecule has 0 saturated heterocycles. The first kappa shape index (κ1) is 17.3. The second-order valence-corrected chi connectivity index (χ2v) is 6.89. The molecule has 0 atom stereocenters. The Balaban J connectivity index is 2.31. The minimum absolute atomic E-state index is 0.121. The molecule has 0 unspecified atom stereocenters. The lowest BCUT2D eigenvalue weighted by molar-refractivity contribution is 0.107. The van der Waals surface area contributed by atoms with Gasteiger partial charge >= 0.3 is 0 Å². The van der Waals surface area contributed by atoms with Crippen LogP contribution in [0.5, 0.6) is 0 Å². The number of rotatable bonds is 5. The summed E-state index contributed by atoms with van der Waals surface area (Å²) in [5.41, 5.74) is 0.242. The highest BCUT2D eigenvalue weighted by atomic mass is 35.5. The summed E-state index contributed by atoms with van der Waals surface area (Å²) in [6.07, 6.45) is 0. The van der Waals surface area contributed by atoms with Crippen LogP contribution in [0.25, 0.3) is 0 Å². The van der Waals surface area contributed by atoms with Crippen LogP contribution < -0.4 is 0 Å². The number of benzene rings is 2. The van der Waals surface area contributed by atoms with E-state index in [0.717, 1.165) is 45.9 Å². The van der Waals surface area contributed by atoms with Gasteiger partial charge in [-0.25, -0.2) is 8.78 Å². The van der Waals surface area contributed by atoms with E-state index in [1.54, 1.807) is 0 Å². The van der Waals surface area contributed by atoms with Gasteiger partial charge in [-0.05, 0) is 59.6 Å². The summed E-state index contributed by atoms with van der Waals surface area (Å²) in [5.74, 6) is -1.09. The van der Waals surface area contributed by atoms with E-state index in [2.05, 4.69) is 0 Å². The first-order chi connectivity index (χ1) is 10.4. The SMILES string of the molecule is O=C(Cl)c1ccc(F)cc1SSc1cc(F)ccc1C(=O)Cl. The molecule has 0 spiro atoms. The molecule has 0 fully saturated rings. The zero-order valence-corrected chi connectivity index (χ0v) is 13.8. The quantitative estimate of drug-likeness (QED) is 0.506. The van der Waals surface area contributed by atoms with E-state index in [-0.39, 0.29) is 20.9 Å². The molecular weight excluding hydrogens is 373 g/mol. The maximum atomic E-state index is 13.3. The molecule has 0 saturated carbocycles. The fourth-order valence-corrected chi connectivity index (χ4v) is 4.35. The van der Waals surface area contributed by atoms with Gasteiger partial charge in [0.1, 0.15) is 11.6 Å². The van der Waals surface area contributed by atoms with Gasteiger partial charge in [0.15, 0.2) is 0 Å². The van der Waals surface area contributed by atoms with Crippen LogP contribution in [0.2, 0.25) is 0 Å². The molecule has 0 amide bonds. The Morgan fingerprint density at radius 1 is 0.773 bits per heavy atom. The van der Waals surface area contributed by atoms with Crippen LogP contribution in [-0.4, -0.2) is 10.5 Å². The predicted molar refractivity (Wildman–Crippen MR) is 84.9 cm³/mol. The van der Waals surface area contributed by atoms with Gasteiger partial charge in [-0.2, -0.15) is 0 Å². The first-order valence-electron chi connectivity index (χ1n) is 5.72. The summed E-state index contributed by atoms with van der Waals surface area (Å²) in [5, 5.41) is -1.48. The lowest BCUT2D eigenvalue weighted by Gasteiger charge is -2.08. The zero-order valence-electron chi connectivity index (χ0n) is 10.6. The third kappa shape index (κ3) is 4.23. The Hall–Kier alpha value is -1.08. The van der Waals surface area contributed by atoms with Crippen molar-refractivity contribution in [2.75, 3.05) is 0 Å². The Kier molecular flexibility index (Phi) is 5.86. The van der Waals surface area contributed by atoms with E-state index < -0.39 is 22.1 Å². The average molecular weight is 379 g/mol. The molecule has 0 aliphatic heterocycles. The molecule has 0 N–H and O–H groups in total. The maximum absolute atomic E-state index is 13.3. The van der Waals surface area contributed by atoms with Gasteiger partial charge in [0.25, 0.3) is 10.5 Å². The summed E-state index contributed by atoms with van der Waals surface area (Å²) in [6.45, 7) is 0. The fraction of sp³-hybridized carbons (Fsp3) is 0. The third-order valence-corrected chi connectivity index (χ3v) is 5.38. The minimum Gasteiger partial charge on any atom is -0.276 e. The van der Waals surface area contributed by atoms with Crippen molar-refractivity contribution in [2.24, 2.45) is 0 Å². The first-order valence-corrected chi connectivity index (χ1v) is 8.62. The predicted octanol–water partition coefficient (Wildman–Crippen LogP) is 5.52. The third-order valence-electron chi connectivity index (χ3n) is 2.53. The van der Waals surface area contributed by atoms with Crippen LogP contribution in [0.1, 0.15) is 20.7 Å². The molecule has 8 heteroatoms. The topological polar surface area (TPSA) is 34.1 Å². The Bertz CT molecular complexity index is 690. The van der Waals surface area contributed by atoms with Crippen LogP contribution in [0, 0.1) is 11.6 Å². The molecule has 0 bridgehead atoms. The van der Waals surface area contributed by atoms with Crippen molar-refractivity contribution in [1.82, 2.24) is 0 Å². The monoisotopic (exact) mass is 378 g/mol. The molecule has 2 rings (SSSR count). The lowest BCUT2D eigenvalue weighted by atomic mass is 10.2. The van der Waals surface area contributed by atoms with Gasteiger partial charge in [0.05, 0.1) is 0 Å². The molecule has 0 aliphatic carbocycles. The number of carbonyl (C=O) groups excluding carboxylic acids is 2. The Labute approximate surface area is 142 Å². The van der Waals surface area contributed by atoms with Crippen molar-refractivity contribution >= 4 is 55.3 Å². The summed E-state index contributed by atoms with van der Waals surface area (Å²) in [4.78, 5) is 23.1. The summed E-state index contributed by atoms with van der Waals surface area (Å²) in [6, 6.07) is 7.00. The van der Waals surface area contributed by atoms with Crippen LogP contribution in [0.4, 0.5) is 8.78 Å². The van der Waals surface area contributed by atoms with E-state index >= 15 is 0 Å². The normalized spacial score (nSPS) is 10.5. The van der Waals surface area contributed by atoms with E-state index in [9.17, 15) is 18.4 Å². The van der Waals surface area contributed by atoms with E-state index in [1.165, 1.54) is 12.1 Å². The van der Waals surface area contributed by atoms with Crippen LogP contribution in [0.15, 0.2) is 46.2 Å². The van der Waals surface area contributed by atoms with Crippen LogP contribution >= 0.6 is 44.8 Å². The molecule has 22 heavy (non-hydrogen) atoms. The molecule has 2 aromatic carbocycles. The van der Waals surface area contributed by atoms with Gasteiger partial charge in [-0.3, -0.25) is 9.59 Å². The molecule has 2 aromatic rings. The largest absolute Gasteiger partial charge is 0.276 e. The van der Waals surface area contributed by atoms with Gasteiger partial charge in [0, 0.05) is 20.9 Å². The number of hydrogen-bond donors (Lipinski definition) is 0. The van der Waals surface area contributed by atoms with E-state index in [1.807, 2.05) is 0 Å². The molecule has 0 aromatic heterocycles. The molecule has 0 heterocycles. The van der Waals surface area contributed by atoms with Crippen molar-refractivity contribution in [3.63, 3.8) is 0 Å². The highest BCUT2D eigenvalue weighted by Crippen LogP contribution is 2.41. The number of hydrogen-bond acceptors (Lipinski definition) is 4. The van der Waals surface area contributed by atoms with Crippen molar-refractivity contribution in [3.05, 3.63) is 59.2 Å². The highest BCUT2D eigenvalue weighted by molar-refractivity contribution is 8.76. The van der Waals surface area contributed by atoms with Gasteiger partial charge in [-0.15, -0.1) is 0 Å². The molecule has 0 radical (unpaired) electrons. The van der Waals surface area contributed by atoms with Crippen LogP contribution in [-0.2, 0) is 0 Å². The smallest absolute Gasteiger partial charge is 0.253 e. The maximum Gasteiger partial charge on any atom is 0.253 e. The van der Waals surface area contributed by atoms with E-state index in [4.69, 9.17) is 23.2 Å². The second-order valence-electron chi connectivity index (χ2n) is 4.00. The van der Waals surface area contributed by atoms with Gasteiger partial charge < -0.3 is 0 Å². The second kappa shape index (κ2) is 7.46. The van der Waals surface area contributed by atoms with Crippen molar-refractivity contribution in [1.29, 1.82) is 0 Å². The van der Waals surface area contributed by atoms with Crippen molar-refractivity contribution in [3.8, 4) is 0 Å². The number of carbonyl (C=O) groups is 2.